The van der Waals surface area contributed by atoms with E-state index in [-0.39, 0.29) is 0 Å². The van der Waals surface area contributed by atoms with Gasteiger partial charge < -0.3 is 4.48 Å². The molecule has 1 aromatic carbocycles. The first-order valence-electron chi connectivity index (χ1n) is 6.55. The average Bonchev–Trinajstić information content (AvgIpc) is 2.81. The third-order valence-corrected chi connectivity index (χ3v) is 4.73. The first kappa shape index (κ1) is 10.3. The molecule has 1 aliphatic heterocycles. The van der Waals surface area contributed by atoms with Crippen LogP contribution in [0.15, 0.2) is 24.3 Å². The summed E-state index contributed by atoms with van der Waals surface area (Å²) in [6, 6.07) is 10.1. The van der Waals surface area contributed by atoms with Crippen LogP contribution in [0, 0.1) is 12.8 Å². The molecule has 0 radical (unpaired) electrons. The van der Waals surface area contributed by atoms with Gasteiger partial charge in [0, 0.05) is 17.9 Å². The van der Waals surface area contributed by atoms with Crippen molar-refractivity contribution in [3.8, 4) is 0 Å². The van der Waals surface area contributed by atoms with Crippen molar-refractivity contribution in [3.05, 3.63) is 35.4 Å². The molecule has 2 fully saturated rings. The molecule has 1 saturated carbocycles. The van der Waals surface area contributed by atoms with Crippen molar-refractivity contribution in [2.24, 2.45) is 5.92 Å². The Hall–Kier alpha value is -0.820. The number of rotatable bonds is 2. The fourth-order valence-electron chi connectivity index (χ4n) is 3.82. The highest BCUT2D eigenvalue weighted by atomic mass is 15.4. The minimum absolute atomic E-state index is 0.950. The Labute approximate surface area is 98.7 Å². The van der Waals surface area contributed by atoms with Crippen LogP contribution < -0.4 is 0 Å². The van der Waals surface area contributed by atoms with E-state index in [0.29, 0.717) is 0 Å². The van der Waals surface area contributed by atoms with Crippen molar-refractivity contribution in [1.29, 1.82) is 0 Å². The van der Waals surface area contributed by atoms with Crippen molar-refractivity contribution in [1.82, 2.24) is 0 Å². The molecule has 2 aliphatic rings. The lowest BCUT2D eigenvalue weighted by atomic mass is 10.1. The highest BCUT2D eigenvalue weighted by Crippen LogP contribution is 2.42. The summed E-state index contributed by atoms with van der Waals surface area (Å²) in [6.45, 7) is 4.82. The normalized spacial score (nSPS) is 36.9. The molecule has 1 nitrogen and oxygen atoms in total. The Bertz CT molecular complexity index is 381. The van der Waals surface area contributed by atoms with E-state index < -0.39 is 0 Å². The van der Waals surface area contributed by atoms with Gasteiger partial charge in [-0.3, -0.25) is 0 Å². The third-order valence-electron chi connectivity index (χ3n) is 4.73. The molecule has 1 aliphatic carbocycles. The summed E-state index contributed by atoms with van der Waals surface area (Å²) in [5.41, 5.74) is 2.88. The van der Waals surface area contributed by atoms with E-state index in [0.717, 1.165) is 12.0 Å². The summed E-state index contributed by atoms with van der Waals surface area (Å²) < 4.78 is 1.30. The number of benzene rings is 1. The Balaban J connectivity index is 1.77. The van der Waals surface area contributed by atoms with Gasteiger partial charge in [-0.1, -0.05) is 29.8 Å². The molecule has 3 unspecified atom stereocenters. The SMILES string of the molecule is Cc1ccc(C[N+]2(C)CC3CCC2C3)cc1. The van der Waals surface area contributed by atoms with Gasteiger partial charge in [0.25, 0.3) is 0 Å². The maximum atomic E-state index is 2.46. The summed E-state index contributed by atoms with van der Waals surface area (Å²) in [5, 5.41) is 0. The van der Waals surface area contributed by atoms with E-state index in [1.165, 1.54) is 48.0 Å². The molecule has 0 amide bonds. The summed E-state index contributed by atoms with van der Waals surface area (Å²) >= 11 is 0. The van der Waals surface area contributed by atoms with Gasteiger partial charge in [0.1, 0.15) is 6.54 Å². The predicted molar refractivity (Wildman–Crippen MR) is 67.1 cm³/mol. The second kappa shape index (κ2) is 3.59. The second-order valence-corrected chi connectivity index (χ2v) is 6.14. The molecule has 3 atom stereocenters. The summed E-state index contributed by atoms with van der Waals surface area (Å²) in [6.07, 6.45) is 4.45. The van der Waals surface area contributed by atoms with Crippen LogP contribution in [0.2, 0.25) is 0 Å². The van der Waals surface area contributed by atoms with E-state index >= 15 is 0 Å². The zero-order valence-electron chi connectivity index (χ0n) is 10.4. The molecule has 1 aromatic rings. The van der Waals surface area contributed by atoms with E-state index in [1.54, 1.807) is 0 Å². The number of piperidine rings is 1. The van der Waals surface area contributed by atoms with Crippen molar-refractivity contribution in [2.45, 2.75) is 38.8 Å². The molecule has 86 valence electrons. The van der Waals surface area contributed by atoms with Crippen molar-refractivity contribution >= 4 is 0 Å². The van der Waals surface area contributed by atoms with Gasteiger partial charge in [-0.25, -0.2) is 0 Å². The van der Waals surface area contributed by atoms with Crippen LogP contribution in [0.1, 0.15) is 30.4 Å². The lowest BCUT2D eigenvalue weighted by Crippen LogP contribution is -2.49. The number of likely N-dealkylation sites (tertiary alicyclic amines) is 1. The molecule has 1 heterocycles. The van der Waals surface area contributed by atoms with Crippen molar-refractivity contribution in [3.63, 3.8) is 0 Å². The van der Waals surface area contributed by atoms with Crippen LogP contribution in [0.25, 0.3) is 0 Å². The molecular weight excluding hydrogens is 194 g/mol. The van der Waals surface area contributed by atoms with Crippen LogP contribution in [-0.2, 0) is 6.54 Å². The van der Waals surface area contributed by atoms with Crippen LogP contribution in [0.3, 0.4) is 0 Å². The van der Waals surface area contributed by atoms with Gasteiger partial charge >= 0.3 is 0 Å². The largest absolute Gasteiger partial charge is 0.320 e. The molecule has 16 heavy (non-hydrogen) atoms. The Kier molecular flexibility index (Phi) is 2.32. The van der Waals surface area contributed by atoms with E-state index in [9.17, 15) is 0 Å². The standard InChI is InChI=1S/C15H22N/c1-12-3-5-13(6-4-12)10-16(2)11-14-7-8-15(16)9-14/h3-6,14-15H,7-11H2,1-2H3/q+1. The Morgan fingerprint density at radius 3 is 2.50 bits per heavy atom. The van der Waals surface area contributed by atoms with Crippen LogP contribution in [0.5, 0.6) is 0 Å². The van der Waals surface area contributed by atoms with Gasteiger partial charge in [-0.15, -0.1) is 0 Å². The summed E-state index contributed by atoms with van der Waals surface area (Å²) in [5.74, 6) is 1.03. The number of fused-ring (bicyclic) bond motifs is 2. The second-order valence-electron chi connectivity index (χ2n) is 6.14. The maximum Gasteiger partial charge on any atom is 0.104 e. The molecular formula is C15H22N+. The molecule has 2 bridgehead atoms. The monoisotopic (exact) mass is 216 g/mol. The first-order chi connectivity index (χ1) is 7.66. The zero-order chi connectivity index (χ0) is 11.2. The lowest BCUT2D eigenvalue weighted by molar-refractivity contribution is -0.938. The van der Waals surface area contributed by atoms with Gasteiger partial charge in [-0.2, -0.15) is 0 Å². The van der Waals surface area contributed by atoms with Crippen molar-refractivity contribution in [2.75, 3.05) is 13.6 Å². The zero-order valence-corrected chi connectivity index (χ0v) is 10.4. The Morgan fingerprint density at radius 1 is 1.19 bits per heavy atom. The topological polar surface area (TPSA) is 0 Å². The lowest BCUT2D eigenvalue weighted by Gasteiger charge is -2.38. The highest BCUT2D eigenvalue weighted by Gasteiger charge is 2.48. The van der Waals surface area contributed by atoms with E-state index in [1.807, 2.05) is 0 Å². The number of aryl methyl sites for hydroxylation is 1. The number of hydrogen-bond donors (Lipinski definition) is 0. The van der Waals surface area contributed by atoms with Crippen LogP contribution in [-0.4, -0.2) is 24.1 Å². The van der Waals surface area contributed by atoms with Gasteiger partial charge in [-0.05, 0) is 19.8 Å². The molecule has 3 rings (SSSR count). The van der Waals surface area contributed by atoms with Gasteiger partial charge in [0.15, 0.2) is 0 Å². The highest BCUT2D eigenvalue weighted by molar-refractivity contribution is 5.20. The maximum absolute atomic E-state index is 2.46. The predicted octanol–water partition coefficient (Wildman–Crippen LogP) is 3.12. The van der Waals surface area contributed by atoms with Gasteiger partial charge in [0.05, 0.1) is 19.6 Å². The first-order valence-corrected chi connectivity index (χ1v) is 6.55. The smallest absolute Gasteiger partial charge is 0.104 e. The quantitative estimate of drug-likeness (QED) is 0.666. The molecule has 1 heteroatoms. The fourth-order valence-corrected chi connectivity index (χ4v) is 3.82. The molecule has 1 saturated heterocycles. The minimum Gasteiger partial charge on any atom is -0.320 e. The number of hydrogen-bond acceptors (Lipinski definition) is 0. The van der Waals surface area contributed by atoms with E-state index in [4.69, 9.17) is 0 Å². The number of quaternary nitrogens is 1. The van der Waals surface area contributed by atoms with Crippen LogP contribution >= 0.6 is 0 Å². The van der Waals surface area contributed by atoms with Gasteiger partial charge in [0.2, 0.25) is 0 Å². The molecule has 0 aromatic heterocycles. The third kappa shape index (κ3) is 1.67. The summed E-state index contributed by atoms with van der Waals surface area (Å²) in [4.78, 5) is 0. The molecule has 0 N–H and O–H groups in total. The average molecular weight is 216 g/mol. The number of nitrogens with zero attached hydrogens (tertiary/aromatic N) is 1. The van der Waals surface area contributed by atoms with Crippen LogP contribution in [0.4, 0.5) is 0 Å². The summed E-state index contributed by atoms with van der Waals surface area (Å²) in [7, 11) is 2.46. The molecule has 0 spiro atoms. The minimum atomic E-state index is 0.950. The van der Waals surface area contributed by atoms with E-state index in [2.05, 4.69) is 38.2 Å². The van der Waals surface area contributed by atoms with Crippen molar-refractivity contribution < 1.29 is 4.48 Å². The Morgan fingerprint density at radius 2 is 1.94 bits per heavy atom. The fraction of sp³-hybridized carbons (Fsp3) is 0.600.